The van der Waals surface area contributed by atoms with Gasteiger partial charge in [-0.05, 0) is 43.2 Å². The fourth-order valence-corrected chi connectivity index (χ4v) is 4.40. The van der Waals surface area contributed by atoms with Gasteiger partial charge < -0.3 is 19.9 Å². The van der Waals surface area contributed by atoms with Crippen LogP contribution in [0.3, 0.4) is 0 Å². The van der Waals surface area contributed by atoms with E-state index in [1.165, 1.54) is 0 Å². The van der Waals surface area contributed by atoms with Crippen LogP contribution in [0.25, 0.3) is 0 Å². The zero-order valence-electron chi connectivity index (χ0n) is 18.2. The summed E-state index contributed by atoms with van der Waals surface area (Å²) in [5, 5.41) is 3.23. The second-order valence-corrected chi connectivity index (χ2v) is 9.45. The smallest absolute Gasteiger partial charge is 0.243 e. The van der Waals surface area contributed by atoms with E-state index >= 15 is 0 Å². The zero-order valence-corrected chi connectivity index (χ0v) is 18.2. The highest BCUT2D eigenvalue weighted by molar-refractivity contribution is 5.88. The van der Waals surface area contributed by atoms with Gasteiger partial charge in [0.25, 0.3) is 0 Å². The van der Waals surface area contributed by atoms with Gasteiger partial charge in [0.15, 0.2) is 0 Å². The van der Waals surface area contributed by atoms with Gasteiger partial charge in [-0.15, -0.1) is 0 Å². The van der Waals surface area contributed by atoms with Crippen molar-refractivity contribution in [1.29, 1.82) is 0 Å². The Bertz CT molecular complexity index is 728. The Balaban J connectivity index is 1.62. The number of ether oxygens (including phenoxy) is 1. The number of nitrogens with one attached hydrogen (secondary N) is 1. The number of anilines is 1. The molecule has 1 N–H and O–H groups in total. The minimum atomic E-state index is -0.327. The molecular formula is C23H35N3O3. The van der Waals surface area contributed by atoms with Crippen LogP contribution in [0.5, 0.6) is 5.75 Å². The van der Waals surface area contributed by atoms with Gasteiger partial charge in [-0.1, -0.05) is 32.9 Å². The molecule has 0 radical (unpaired) electrons. The topological polar surface area (TPSA) is 61.9 Å². The van der Waals surface area contributed by atoms with Crippen LogP contribution < -0.4 is 15.0 Å². The van der Waals surface area contributed by atoms with Gasteiger partial charge in [0.05, 0.1) is 12.8 Å². The summed E-state index contributed by atoms with van der Waals surface area (Å²) >= 11 is 0. The van der Waals surface area contributed by atoms with E-state index in [4.69, 9.17) is 4.74 Å². The highest BCUT2D eigenvalue weighted by Crippen LogP contribution is 2.30. The summed E-state index contributed by atoms with van der Waals surface area (Å²) in [6.07, 6.45) is 4.10. The molecular weight excluding hydrogens is 366 g/mol. The van der Waals surface area contributed by atoms with Crippen LogP contribution in [0.4, 0.5) is 5.69 Å². The van der Waals surface area contributed by atoms with Crippen molar-refractivity contribution in [3.63, 3.8) is 0 Å². The Morgan fingerprint density at radius 3 is 2.59 bits per heavy atom. The molecule has 0 bridgehead atoms. The quantitative estimate of drug-likeness (QED) is 0.823. The van der Waals surface area contributed by atoms with E-state index in [2.05, 4.69) is 37.1 Å². The number of rotatable bonds is 5. The van der Waals surface area contributed by atoms with E-state index < -0.39 is 0 Å². The van der Waals surface area contributed by atoms with Crippen molar-refractivity contribution in [2.75, 3.05) is 31.6 Å². The molecule has 2 amide bonds. The van der Waals surface area contributed by atoms with Gasteiger partial charge in [-0.25, -0.2) is 0 Å². The molecule has 0 saturated carbocycles. The number of carbonyl (C=O) groups is 2. The maximum absolute atomic E-state index is 13.0. The molecule has 2 saturated heterocycles. The average Bonchev–Trinajstić information content (AvgIpc) is 3.17. The summed E-state index contributed by atoms with van der Waals surface area (Å²) in [6, 6.07) is 7.76. The third-order valence-corrected chi connectivity index (χ3v) is 5.75. The van der Waals surface area contributed by atoms with E-state index in [0.29, 0.717) is 13.0 Å². The van der Waals surface area contributed by atoms with Gasteiger partial charge in [0.2, 0.25) is 11.8 Å². The fraction of sp³-hybridized carbons (Fsp3) is 0.652. The van der Waals surface area contributed by atoms with Crippen LogP contribution in [0.2, 0.25) is 0 Å². The predicted molar refractivity (Wildman–Crippen MR) is 115 cm³/mol. The summed E-state index contributed by atoms with van der Waals surface area (Å²) in [5.74, 6) is 0.945. The zero-order chi connectivity index (χ0) is 21.0. The van der Waals surface area contributed by atoms with Crippen molar-refractivity contribution < 1.29 is 14.3 Å². The third-order valence-electron chi connectivity index (χ3n) is 5.75. The van der Waals surface area contributed by atoms with Crippen LogP contribution in [0.1, 0.15) is 52.9 Å². The highest BCUT2D eigenvalue weighted by Gasteiger charge is 2.36. The molecule has 0 aliphatic carbocycles. The summed E-state index contributed by atoms with van der Waals surface area (Å²) in [7, 11) is 1.69. The Morgan fingerprint density at radius 1 is 1.14 bits per heavy atom. The molecule has 160 valence electrons. The monoisotopic (exact) mass is 401 g/mol. The molecule has 29 heavy (non-hydrogen) atoms. The van der Waals surface area contributed by atoms with E-state index in [1.807, 2.05) is 18.2 Å². The van der Waals surface area contributed by atoms with E-state index in [-0.39, 0.29) is 29.3 Å². The van der Waals surface area contributed by atoms with Gasteiger partial charge in [0.1, 0.15) is 11.8 Å². The summed E-state index contributed by atoms with van der Waals surface area (Å²) in [4.78, 5) is 29.8. The fourth-order valence-electron chi connectivity index (χ4n) is 4.40. The van der Waals surface area contributed by atoms with Crippen molar-refractivity contribution in [2.24, 2.45) is 5.41 Å². The lowest BCUT2D eigenvalue weighted by atomic mass is 9.91. The van der Waals surface area contributed by atoms with E-state index in [9.17, 15) is 9.59 Å². The first-order valence-corrected chi connectivity index (χ1v) is 10.8. The first-order chi connectivity index (χ1) is 13.8. The van der Waals surface area contributed by atoms with Crippen molar-refractivity contribution in [3.05, 3.63) is 24.3 Å². The van der Waals surface area contributed by atoms with E-state index in [0.717, 1.165) is 50.2 Å². The maximum atomic E-state index is 13.0. The summed E-state index contributed by atoms with van der Waals surface area (Å²) in [5.41, 5.74) is 0.996. The minimum absolute atomic E-state index is 0.00311. The van der Waals surface area contributed by atoms with Crippen LogP contribution in [0, 0.1) is 5.41 Å². The molecule has 2 aliphatic heterocycles. The molecule has 2 fully saturated rings. The Hall–Kier alpha value is -2.24. The standard InChI is InChI=1S/C23H35N3O3/c1-23(2,3)15-21(27)26-14-8-11-19(26)22(28)24-17-9-7-13-25(16-17)18-10-5-6-12-20(18)29-4/h5-6,10,12,17,19H,7-9,11,13-16H2,1-4H3,(H,24,28). The summed E-state index contributed by atoms with van der Waals surface area (Å²) < 4.78 is 5.50. The number of hydrogen-bond acceptors (Lipinski definition) is 4. The number of piperidine rings is 1. The molecule has 2 unspecified atom stereocenters. The van der Waals surface area contributed by atoms with Crippen LogP contribution >= 0.6 is 0 Å². The van der Waals surface area contributed by atoms with Crippen LogP contribution in [0.15, 0.2) is 24.3 Å². The lowest BCUT2D eigenvalue weighted by Crippen LogP contribution is -2.53. The number of carbonyl (C=O) groups excluding carboxylic acids is 2. The molecule has 1 aromatic rings. The molecule has 0 aromatic heterocycles. The second-order valence-electron chi connectivity index (χ2n) is 9.45. The first kappa shape index (κ1) is 21.5. The molecule has 0 spiro atoms. The van der Waals surface area contributed by atoms with Crippen LogP contribution in [-0.2, 0) is 9.59 Å². The predicted octanol–water partition coefficient (Wildman–Crippen LogP) is 3.21. The van der Waals surface area contributed by atoms with Crippen LogP contribution in [-0.4, -0.2) is 55.5 Å². The second kappa shape index (κ2) is 9.06. The summed E-state index contributed by atoms with van der Waals surface area (Å²) in [6.45, 7) is 8.58. The first-order valence-electron chi connectivity index (χ1n) is 10.8. The number of hydrogen-bond donors (Lipinski definition) is 1. The SMILES string of the molecule is COc1ccccc1N1CCCC(NC(=O)C2CCCN2C(=O)CC(C)(C)C)C1. The lowest BCUT2D eigenvalue weighted by molar-refractivity contribution is -0.140. The molecule has 6 heteroatoms. The number of para-hydroxylation sites is 2. The lowest BCUT2D eigenvalue weighted by Gasteiger charge is -2.36. The third kappa shape index (κ3) is 5.43. The largest absolute Gasteiger partial charge is 0.495 e. The Morgan fingerprint density at radius 2 is 1.86 bits per heavy atom. The molecule has 2 aliphatic rings. The van der Waals surface area contributed by atoms with Gasteiger partial charge in [0, 0.05) is 32.1 Å². The normalized spacial score (nSPS) is 22.5. The van der Waals surface area contributed by atoms with Gasteiger partial charge >= 0.3 is 0 Å². The van der Waals surface area contributed by atoms with Crippen molar-refractivity contribution in [3.8, 4) is 5.75 Å². The van der Waals surface area contributed by atoms with Gasteiger partial charge in [-0.3, -0.25) is 9.59 Å². The number of benzene rings is 1. The molecule has 2 heterocycles. The van der Waals surface area contributed by atoms with Crippen molar-refractivity contribution in [2.45, 2.75) is 65.0 Å². The number of methoxy groups -OCH3 is 1. The maximum Gasteiger partial charge on any atom is 0.243 e. The molecule has 1 aromatic carbocycles. The molecule has 2 atom stereocenters. The van der Waals surface area contributed by atoms with Crippen molar-refractivity contribution in [1.82, 2.24) is 10.2 Å². The number of likely N-dealkylation sites (tertiary alicyclic amines) is 1. The Labute approximate surface area is 174 Å². The minimum Gasteiger partial charge on any atom is -0.495 e. The average molecular weight is 402 g/mol. The number of amides is 2. The molecule has 6 nitrogen and oxygen atoms in total. The number of nitrogens with zero attached hydrogens (tertiary/aromatic N) is 2. The highest BCUT2D eigenvalue weighted by atomic mass is 16.5. The van der Waals surface area contributed by atoms with Crippen molar-refractivity contribution >= 4 is 17.5 Å². The Kier molecular flexibility index (Phi) is 6.70. The van der Waals surface area contributed by atoms with Gasteiger partial charge in [-0.2, -0.15) is 0 Å². The van der Waals surface area contributed by atoms with E-state index in [1.54, 1.807) is 12.0 Å². The molecule has 3 rings (SSSR count).